The predicted octanol–water partition coefficient (Wildman–Crippen LogP) is 2.48. The topological polar surface area (TPSA) is 62.2 Å². The first-order valence-electron chi connectivity index (χ1n) is 5.20. The molecule has 1 rings (SSSR count). The standard InChI is InChI=1S/C9H12F3N3O3S2/c1-8(2)5(16)14(3)6(19-8)13-18-7(17)15(4)20-9(10,11)12/h1-4H3. The highest BCUT2D eigenvalue weighted by Crippen LogP contribution is 2.36. The van der Waals surface area contributed by atoms with Crippen molar-refractivity contribution in [3.05, 3.63) is 0 Å². The van der Waals surface area contributed by atoms with Crippen LogP contribution in [0.4, 0.5) is 18.0 Å². The normalized spacial score (nSPS) is 20.4. The quantitative estimate of drug-likeness (QED) is 0.442. The number of amides is 2. The predicted molar refractivity (Wildman–Crippen MR) is 69.8 cm³/mol. The van der Waals surface area contributed by atoms with Crippen LogP contribution in [-0.4, -0.2) is 50.7 Å². The fourth-order valence-corrected chi connectivity index (χ4v) is 2.63. The zero-order valence-electron chi connectivity index (χ0n) is 11.0. The van der Waals surface area contributed by atoms with Crippen LogP contribution < -0.4 is 0 Å². The highest BCUT2D eigenvalue weighted by atomic mass is 32.2. The summed E-state index contributed by atoms with van der Waals surface area (Å²) in [5.41, 5.74) is -4.60. The number of hydrogen-bond acceptors (Lipinski definition) is 6. The van der Waals surface area contributed by atoms with E-state index < -0.39 is 28.3 Å². The van der Waals surface area contributed by atoms with E-state index in [4.69, 9.17) is 0 Å². The van der Waals surface area contributed by atoms with Gasteiger partial charge in [0, 0.05) is 14.1 Å². The first kappa shape index (κ1) is 17.0. The van der Waals surface area contributed by atoms with Crippen LogP contribution >= 0.6 is 23.7 Å². The summed E-state index contributed by atoms with van der Waals surface area (Å²) in [7, 11) is 2.34. The number of thioether (sulfide) groups is 1. The first-order valence-corrected chi connectivity index (χ1v) is 6.79. The maximum absolute atomic E-state index is 12.0. The average Bonchev–Trinajstić information content (AvgIpc) is 2.47. The van der Waals surface area contributed by atoms with Crippen molar-refractivity contribution < 1.29 is 27.6 Å². The van der Waals surface area contributed by atoms with E-state index in [1.165, 1.54) is 11.9 Å². The largest absolute Gasteiger partial charge is 0.461 e. The fraction of sp³-hybridized carbons (Fsp3) is 0.667. The molecule has 0 atom stereocenters. The van der Waals surface area contributed by atoms with Crippen LogP contribution in [0.2, 0.25) is 0 Å². The van der Waals surface area contributed by atoms with E-state index in [1.54, 1.807) is 13.8 Å². The maximum Gasteiger partial charge on any atom is 0.461 e. The summed E-state index contributed by atoms with van der Waals surface area (Å²) < 4.78 is 35.6. The molecule has 1 aliphatic heterocycles. The van der Waals surface area contributed by atoms with Gasteiger partial charge in [-0.3, -0.25) is 14.5 Å². The molecule has 0 aromatic carbocycles. The third-order valence-corrected chi connectivity index (χ3v) is 4.00. The Morgan fingerprint density at radius 1 is 1.50 bits per heavy atom. The molecule has 20 heavy (non-hydrogen) atoms. The van der Waals surface area contributed by atoms with Gasteiger partial charge in [0.1, 0.15) is 0 Å². The van der Waals surface area contributed by atoms with Crippen molar-refractivity contribution >= 4 is 40.9 Å². The van der Waals surface area contributed by atoms with E-state index in [9.17, 15) is 22.8 Å². The highest BCUT2D eigenvalue weighted by molar-refractivity contribution is 8.16. The molecule has 0 saturated carbocycles. The fourth-order valence-electron chi connectivity index (χ4n) is 1.24. The lowest BCUT2D eigenvalue weighted by atomic mass is 10.2. The molecule has 1 aliphatic rings. The molecule has 11 heteroatoms. The van der Waals surface area contributed by atoms with Gasteiger partial charge in [-0.1, -0.05) is 11.8 Å². The molecule has 0 bridgehead atoms. The lowest BCUT2D eigenvalue weighted by Crippen LogP contribution is -2.33. The van der Waals surface area contributed by atoms with E-state index in [-0.39, 0.29) is 15.4 Å². The first-order chi connectivity index (χ1) is 8.94. The molecule has 2 amide bonds. The Kier molecular flexibility index (Phi) is 4.85. The molecular formula is C9H12F3N3O3S2. The summed E-state index contributed by atoms with van der Waals surface area (Å²) in [5.74, 6) is -0.240. The molecule has 0 aromatic rings. The Balaban J connectivity index is 2.65. The van der Waals surface area contributed by atoms with Crippen molar-refractivity contribution in [2.45, 2.75) is 24.1 Å². The van der Waals surface area contributed by atoms with Crippen molar-refractivity contribution in [2.24, 2.45) is 5.16 Å². The molecule has 1 fully saturated rings. The van der Waals surface area contributed by atoms with Gasteiger partial charge in [-0.2, -0.15) is 13.2 Å². The van der Waals surface area contributed by atoms with Crippen LogP contribution in [0, 0.1) is 0 Å². The summed E-state index contributed by atoms with van der Waals surface area (Å²) in [6.07, 6.45) is -1.29. The Morgan fingerprint density at radius 3 is 2.45 bits per heavy atom. The molecule has 1 saturated heterocycles. The average molecular weight is 331 g/mol. The Morgan fingerprint density at radius 2 is 2.05 bits per heavy atom. The third kappa shape index (κ3) is 4.20. The van der Waals surface area contributed by atoms with Crippen molar-refractivity contribution in [1.29, 1.82) is 0 Å². The molecule has 0 radical (unpaired) electrons. The number of halogens is 3. The van der Waals surface area contributed by atoms with Crippen molar-refractivity contribution in [1.82, 2.24) is 9.21 Å². The Bertz CT molecular complexity index is 453. The monoisotopic (exact) mass is 331 g/mol. The minimum absolute atomic E-state index is 0.110. The van der Waals surface area contributed by atoms with Gasteiger partial charge in [-0.25, -0.2) is 9.10 Å². The van der Waals surface area contributed by atoms with Crippen LogP contribution in [0.25, 0.3) is 0 Å². The number of carbonyl (C=O) groups excluding carboxylic acids is 2. The minimum atomic E-state index is -4.60. The van der Waals surface area contributed by atoms with E-state index in [2.05, 4.69) is 9.99 Å². The second-order valence-electron chi connectivity index (χ2n) is 4.24. The van der Waals surface area contributed by atoms with Gasteiger partial charge < -0.3 is 0 Å². The number of hydrogen-bond donors (Lipinski definition) is 0. The summed E-state index contributed by atoms with van der Waals surface area (Å²) in [4.78, 5) is 28.6. The lowest BCUT2D eigenvalue weighted by Gasteiger charge is -2.15. The zero-order chi connectivity index (χ0) is 15.7. The number of nitrogens with zero attached hydrogens (tertiary/aromatic N) is 3. The van der Waals surface area contributed by atoms with Gasteiger partial charge >= 0.3 is 11.6 Å². The molecule has 0 N–H and O–H groups in total. The smallest absolute Gasteiger partial charge is 0.295 e. The number of amidine groups is 1. The van der Waals surface area contributed by atoms with E-state index in [1.807, 2.05) is 0 Å². The van der Waals surface area contributed by atoms with Crippen molar-refractivity contribution in [3.8, 4) is 0 Å². The lowest BCUT2D eigenvalue weighted by molar-refractivity contribution is -0.127. The molecular weight excluding hydrogens is 319 g/mol. The summed E-state index contributed by atoms with van der Waals surface area (Å²) >= 11 is 0.403. The molecule has 6 nitrogen and oxygen atoms in total. The van der Waals surface area contributed by atoms with Crippen LogP contribution in [0.15, 0.2) is 5.16 Å². The molecule has 1 heterocycles. The van der Waals surface area contributed by atoms with Gasteiger partial charge in [0.15, 0.2) is 0 Å². The van der Waals surface area contributed by atoms with E-state index in [0.717, 1.165) is 18.8 Å². The molecule has 0 aromatic heterocycles. The third-order valence-electron chi connectivity index (χ3n) is 2.15. The Hall–Kier alpha value is -1.10. The second-order valence-corrected chi connectivity index (χ2v) is 7.03. The number of alkyl halides is 3. The van der Waals surface area contributed by atoms with Crippen LogP contribution in [-0.2, 0) is 9.63 Å². The number of oxime groups is 1. The van der Waals surface area contributed by atoms with Gasteiger partial charge in [0.25, 0.3) is 0 Å². The summed E-state index contributed by atoms with van der Waals surface area (Å²) in [5, 5.41) is 3.52. The van der Waals surface area contributed by atoms with Gasteiger partial charge in [-0.05, 0) is 19.0 Å². The van der Waals surface area contributed by atoms with Crippen LogP contribution in [0.5, 0.6) is 0 Å². The molecule has 0 aliphatic carbocycles. The van der Waals surface area contributed by atoms with Gasteiger partial charge in [0.2, 0.25) is 11.1 Å². The molecule has 0 unspecified atom stereocenters. The van der Waals surface area contributed by atoms with Crippen molar-refractivity contribution in [2.75, 3.05) is 14.1 Å². The molecule has 114 valence electrons. The number of rotatable bonds is 2. The summed E-state index contributed by atoms with van der Waals surface area (Å²) in [6, 6.07) is 0. The molecule has 0 spiro atoms. The zero-order valence-corrected chi connectivity index (χ0v) is 12.6. The van der Waals surface area contributed by atoms with Crippen molar-refractivity contribution in [3.63, 3.8) is 0 Å². The number of carbonyl (C=O) groups is 2. The van der Waals surface area contributed by atoms with Crippen LogP contribution in [0.3, 0.4) is 0 Å². The maximum atomic E-state index is 12.0. The SMILES string of the molecule is CN(SC(F)(F)F)C(=O)ON=C1SC(C)(C)C(=O)N1C. The minimum Gasteiger partial charge on any atom is -0.295 e. The highest BCUT2D eigenvalue weighted by Gasteiger charge is 2.43. The van der Waals surface area contributed by atoms with Gasteiger partial charge in [-0.15, -0.1) is 0 Å². The van der Waals surface area contributed by atoms with Gasteiger partial charge in [0.05, 0.1) is 16.7 Å². The second kappa shape index (κ2) is 5.72. The van der Waals surface area contributed by atoms with Crippen LogP contribution in [0.1, 0.15) is 13.8 Å². The summed E-state index contributed by atoms with van der Waals surface area (Å²) in [6.45, 7) is 3.32. The van der Waals surface area contributed by atoms with E-state index >= 15 is 0 Å². The Labute approximate surface area is 121 Å². The van der Waals surface area contributed by atoms with E-state index in [0.29, 0.717) is 0 Å².